The quantitative estimate of drug-likeness (QED) is 0.189. The molecule has 5 rings (SSSR count). The van der Waals surface area contributed by atoms with Gasteiger partial charge in [-0.1, -0.05) is 73.0 Å². The second-order valence-corrected chi connectivity index (χ2v) is 13.7. The Morgan fingerprint density at radius 2 is 1.51 bits per heavy atom. The number of amides is 2. The summed E-state index contributed by atoms with van der Waals surface area (Å²) in [6.45, 7) is 1.42. The molecule has 8 nitrogen and oxygen atoms in total. The molecule has 47 heavy (non-hydrogen) atoms. The summed E-state index contributed by atoms with van der Waals surface area (Å²) in [6.07, 6.45) is 4.02. The van der Waals surface area contributed by atoms with E-state index >= 15 is 0 Å². The fourth-order valence-electron chi connectivity index (χ4n) is 5.82. The summed E-state index contributed by atoms with van der Waals surface area (Å²) in [6, 6.07) is 27.0. The summed E-state index contributed by atoms with van der Waals surface area (Å²) in [5, 5.41) is 3.17. The van der Waals surface area contributed by atoms with Crippen LogP contribution in [-0.2, 0) is 32.6 Å². The minimum atomic E-state index is -4.32. The minimum Gasteiger partial charge on any atom is -0.497 e. The molecule has 0 spiro atoms. The molecular weight excluding hydrogens is 617 g/mol. The lowest BCUT2D eigenvalue weighted by Crippen LogP contribution is -2.54. The molecule has 10 heteroatoms. The molecular formula is C37H40FN3O5S. The normalized spacial score (nSPS) is 13.9. The zero-order valence-electron chi connectivity index (χ0n) is 26.6. The predicted octanol–water partition coefficient (Wildman–Crippen LogP) is 6.04. The second kappa shape index (κ2) is 15.3. The van der Waals surface area contributed by atoms with Crippen LogP contribution >= 0.6 is 0 Å². The Hall–Kier alpha value is -4.70. The molecule has 0 radical (unpaired) electrons. The van der Waals surface area contributed by atoms with Gasteiger partial charge in [0.15, 0.2) is 0 Å². The fourth-order valence-corrected chi connectivity index (χ4v) is 7.24. The SMILES string of the molecule is COc1ccc(S(=O)(=O)N(CC(=O)N(Cc2ccc(C)cc2)[C@H](Cc2ccccc2)C(=O)NC2CCCC2)c2ccc(F)cc2)cc1. The van der Waals surface area contributed by atoms with Crippen molar-refractivity contribution in [2.24, 2.45) is 0 Å². The first-order chi connectivity index (χ1) is 22.6. The average molecular weight is 658 g/mol. The number of carbonyl (C=O) groups is 2. The second-order valence-electron chi connectivity index (χ2n) is 11.9. The maximum Gasteiger partial charge on any atom is 0.264 e. The van der Waals surface area contributed by atoms with Crippen LogP contribution in [0.25, 0.3) is 0 Å². The van der Waals surface area contributed by atoms with Gasteiger partial charge >= 0.3 is 0 Å². The number of halogens is 1. The maximum atomic E-state index is 14.6. The minimum absolute atomic E-state index is 0.0169. The highest BCUT2D eigenvalue weighted by Gasteiger charge is 2.35. The molecule has 0 aliphatic heterocycles. The summed E-state index contributed by atoms with van der Waals surface area (Å²) in [4.78, 5) is 30.0. The molecule has 1 aliphatic carbocycles. The van der Waals surface area contributed by atoms with Gasteiger partial charge < -0.3 is 15.0 Å². The number of sulfonamides is 1. The summed E-state index contributed by atoms with van der Waals surface area (Å²) in [7, 11) is -2.84. The van der Waals surface area contributed by atoms with Gasteiger partial charge in [0.2, 0.25) is 11.8 Å². The molecule has 246 valence electrons. The first-order valence-electron chi connectivity index (χ1n) is 15.8. The van der Waals surface area contributed by atoms with E-state index in [2.05, 4.69) is 5.32 Å². The van der Waals surface area contributed by atoms with Crippen molar-refractivity contribution in [2.45, 2.75) is 62.6 Å². The molecule has 0 heterocycles. The lowest BCUT2D eigenvalue weighted by atomic mass is 10.0. The highest BCUT2D eigenvalue weighted by molar-refractivity contribution is 7.92. The molecule has 0 saturated heterocycles. The topological polar surface area (TPSA) is 96.0 Å². The predicted molar refractivity (Wildman–Crippen MR) is 180 cm³/mol. The van der Waals surface area contributed by atoms with Crippen LogP contribution in [0.4, 0.5) is 10.1 Å². The van der Waals surface area contributed by atoms with Gasteiger partial charge in [-0.05, 0) is 79.4 Å². The van der Waals surface area contributed by atoms with Crippen LogP contribution in [0.15, 0.2) is 108 Å². The van der Waals surface area contributed by atoms with Crippen LogP contribution < -0.4 is 14.4 Å². The molecule has 1 aliphatic rings. The van der Waals surface area contributed by atoms with Crippen molar-refractivity contribution in [2.75, 3.05) is 18.0 Å². The van der Waals surface area contributed by atoms with E-state index in [1.165, 1.54) is 48.4 Å². The van der Waals surface area contributed by atoms with E-state index in [1.807, 2.05) is 61.5 Å². The van der Waals surface area contributed by atoms with Gasteiger partial charge in [-0.2, -0.15) is 0 Å². The van der Waals surface area contributed by atoms with Gasteiger partial charge in [0.25, 0.3) is 10.0 Å². The van der Waals surface area contributed by atoms with E-state index in [-0.39, 0.29) is 35.5 Å². The van der Waals surface area contributed by atoms with Crippen LogP contribution in [0.2, 0.25) is 0 Å². The number of ether oxygens (including phenoxy) is 1. The molecule has 1 fully saturated rings. The van der Waals surface area contributed by atoms with Gasteiger partial charge in [0, 0.05) is 19.0 Å². The third kappa shape index (κ3) is 8.56. The lowest BCUT2D eigenvalue weighted by molar-refractivity contribution is -0.140. The van der Waals surface area contributed by atoms with Crippen molar-refractivity contribution in [3.05, 3.63) is 126 Å². The van der Waals surface area contributed by atoms with E-state index in [1.54, 1.807) is 0 Å². The molecule has 1 N–H and O–H groups in total. The Labute approximate surface area is 276 Å². The maximum absolute atomic E-state index is 14.6. The Balaban J connectivity index is 1.55. The van der Waals surface area contributed by atoms with Crippen molar-refractivity contribution in [3.8, 4) is 5.75 Å². The molecule has 1 atom stereocenters. The smallest absolute Gasteiger partial charge is 0.264 e. The molecule has 0 aromatic heterocycles. The van der Waals surface area contributed by atoms with Crippen molar-refractivity contribution < 1.29 is 27.1 Å². The molecule has 4 aromatic carbocycles. The zero-order valence-corrected chi connectivity index (χ0v) is 27.5. The number of methoxy groups -OCH3 is 1. The third-order valence-electron chi connectivity index (χ3n) is 8.49. The summed E-state index contributed by atoms with van der Waals surface area (Å²) >= 11 is 0. The average Bonchev–Trinajstić information content (AvgIpc) is 3.60. The number of hydrogen-bond acceptors (Lipinski definition) is 5. The Bertz CT molecular complexity index is 1740. The van der Waals surface area contributed by atoms with Crippen molar-refractivity contribution in [3.63, 3.8) is 0 Å². The number of benzene rings is 4. The highest BCUT2D eigenvalue weighted by Crippen LogP contribution is 2.27. The number of aryl methyl sites for hydroxylation is 1. The lowest BCUT2D eigenvalue weighted by Gasteiger charge is -2.34. The number of nitrogens with one attached hydrogen (secondary N) is 1. The first-order valence-corrected chi connectivity index (χ1v) is 17.2. The number of hydrogen-bond donors (Lipinski definition) is 1. The van der Waals surface area contributed by atoms with Crippen molar-refractivity contribution >= 4 is 27.5 Å². The molecule has 2 amide bonds. The van der Waals surface area contributed by atoms with Crippen LogP contribution in [0.3, 0.4) is 0 Å². The fraction of sp³-hybridized carbons (Fsp3) is 0.297. The van der Waals surface area contributed by atoms with E-state index < -0.39 is 34.3 Å². The largest absolute Gasteiger partial charge is 0.497 e. The van der Waals surface area contributed by atoms with Gasteiger partial charge in [0.1, 0.15) is 24.2 Å². The number of nitrogens with zero attached hydrogens (tertiary/aromatic N) is 2. The molecule has 0 bridgehead atoms. The zero-order chi connectivity index (χ0) is 33.4. The molecule has 1 saturated carbocycles. The van der Waals surface area contributed by atoms with Crippen LogP contribution in [-0.4, -0.2) is 50.9 Å². The van der Waals surface area contributed by atoms with E-state index in [9.17, 15) is 22.4 Å². The van der Waals surface area contributed by atoms with Gasteiger partial charge in [-0.15, -0.1) is 0 Å². The number of carbonyl (C=O) groups excluding carboxylic acids is 2. The highest BCUT2D eigenvalue weighted by atomic mass is 32.2. The van der Waals surface area contributed by atoms with Crippen molar-refractivity contribution in [1.29, 1.82) is 0 Å². The van der Waals surface area contributed by atoms with Crippen molar-refractivity contribution in [1.82, 2.24) is 10.2 Å². The van der Waals surface area contributed by atoms with E-state index in [0.29, 0.717) is 5.75 Å². The Morgan fingerprint density at radius 1 is 0.872 bits per heavy atom. The van der Waals surface area contributed by atoms with Gasteiger partial charge in [0.05, 0.1) is 17.7 Å². The third-order valence-corrected chi connectivity index (χ3v) is 10.3. The number of rotatable bonds is 13. The van der Waals surface area contributed by atoms with Gasteiger partial charge in [-0.3, -0.25) is 13.9 Å². The van der Waals surface area contributed by atoms with E-state index in [4.69, 9.17) is 4.74 Å². The summed E-state index contributed by atoms with van der Waals surface area (Å²) in [5.74, 6) is -0.939. The van der Waals surface area contributed by atoms with Gasteiger partial charge in [-0.25, -0.2) is 12.8 Å². The van der Waals surface area contributed by atoms with E-state index in [0.717, 1.165) is 58.8 Å². The van der Waals surface area contributed by atoms with Crippen LogP contribution in [0.1, 0.15) is 42.4 Å². The summed E-state index contributed by atoms with van der Waals surface area (Å²) < 4.78 is 48.4. The standard InChI is InChI=1S/C37H40FN3O5S/c1-27-12-14-29(15-13-27)25-40(35(24-28-8-4-3-5-9-28)37(43)39-31-10-6-7-11-31)36(42)26-41(32-18-16-30(38)17-19-32)47(44,45)34-22-20-33(46-2)21-23-34/h3-5,8-9,12-23,31,35H,6-7,10-11,24-26H2,1-2H3,(H,39,43)/t35-/m1/s1. The van der Waals surface area contributed by atoms with Crippen LogP contribution in [0, 0.1) is 12.7 Å². The molecule has 0 unspecified atom stereocenters. The first kappa shape index (κ1) is 33.7. The Morgan fingerprint density at radius 3 is 2.13 bits per heavy atom. The Kier molecular flexibility index (Phi) is 10.9. The monoisotopic (exact) mass is 657 g/mol. The van der Waals surface area contributed by atoms with Crippen LogP contribution in [0.5, 0.6) is 5.75 Å². The molecule has 4 aromatic rings. The number of anilines is 1. The summed E-state index contributed by atoms with van der Waals surface area (Å²) in [5.41, 5.74) is 2.81.